The Morgan fingerprint density at radius 3 is 2.59 bits per heavy atom. The topological polar surface area (TPSA) is 101 Å². The number of piperazine rings is 1. The number of hydrogen-bond acceptors (Lipinski definition) is 7. The van der Waals surface area contributed by atoms with E-state index in [0.717, 1.165) is 0 Å². The first-order valence-electron chi connectivity index (χ1n) is 9.26. The first-order chi connectivity index (χ1) is 14.0. The number of methoxy groups -OCH3 is 2. The molecular formula is C20H22N4O5. The van der Waals surface area contributed by atoms with E-state index < -0.39 is 0 Å². The smallest absolute Gasteiger partial charge is 0.289 e. The molecule has 1 aliphatic heterocycles. The van der Waals surface area contributed by atoms with Crippen molar-refractivity contribution < 1.29 is 18.7 Å². The van der Waals surface area contributed by atoms with Crippen molar-refractivity contribution in [2.75, 3.05) is 45.3 Å². The van der Waals surface area contributed by atoms with Gasteiger partial charge in [0.05, 0.1) is 31.4 Å². The second kappa shape index (κ2) is 7.50. The Kier molecular flexibility index (Phi) is 4.87. The van der Waals surface area contributed by atoms with E-state index in [0.29, 0.717) is 65.9 Å². The molecule has 1 N–H and O–H groups in total. The lowest BCUT2D eigenvalue weighted by Crippen LogP contribution is -2.49. The first kappa shape index (κ1) is 18.9. The summed E-state index contributed by atoms with van der Waals surface area (Å²) in [6.45, 7) is 3.91. The minimum Gasteiger partial charge on any atom is -0.493 e. The fourth-order valence-corrected chi connectivity index (χ4v) is 3.67. The molecule has 2 aromatic heterocycles. The summed E-state index contributed by atoms with van der Waals surface area (Å²) in [6.07, 6.45) is 1.48. The molecule has 1 aromatic carbocycles. The highest BCUT2D eigenvalue weighted by Crippen LogP contribution is 2.35. The van der Waals surface area contributed by atoms with Crippen LogP contribution < -0.4 is 19.9 Å². The number of nitrogens with one attached hydrogen (secondary N) is 1. The van der Waals surface area contributed by atoms with E-state index in [9.17, 15) is 9.59 Å². The van der Waals surface area contributed by atoms with Crippen LogP contribution in [0.15, 0.2) is 33.7 Å². The minimum absolute atomic E-state index is 0.137. The molecule has 9 nitrogen and oxygen atoms in total. The average Bonchev–Trinajstić information content (AvgIpc) is 3.27. The van der Waals surface area contributed by atoms with E-state index in [2.05, 4.69) is 9.97 Å². The third-order valence-electron chi connectivity index (χ3n) is 5.16. The molecule has 152 valence electrons. The lowest BCUT2D eigenvalue weighted by Gasteiger charge is -2.34. The van der Waals surface area contributed by atoms with Crippen molar-refractivity contribution in [3.8, 4) is 11.5 Å². The number of carbonyl (C=O) groups excluding carboxylic acids is 1. The molecule has 3 heterocycles. The number of aromatic amines is 1. The van der Waals surface area contributed by atoms with Crippen LogP contribution in [0, 0.1) is 6.92 Å². The van der Waals surface area contributed by atoms with Gasteiger partial charge in [-0.05, 0) is 19.1 Å². The van der Waals surface area contributed by atoms with Crippen LogP contribution in [-0.4, -0.2) is 61.2 Å². The Hall–Kier alpha value is -3.49. The highest BCUT2D eigenvalue weighted by atomic mass is 16.5. The molecule has 0 radical (unpaired) electrons. The van der Waals surface area contributed by atoms with Gasteiger partial charge in [-0.25, -0.2) is 4.98 Å². The summed E-state index contributed by atoms with van der Waals surface area (Å²) < 4.78 is 16.0. The monoisotopic (exact) mass is 398 g/mol. The van der Waals surface area contributed by atoms with E-state index in [-0.39, 0.29) is 11.5 Å². The number of anilines is 1. The Bertz CT molecular complexity index is 1100. The third-order valence-corrected chi connectivity index (χ3v) is 5.16. The third kappa shape index (κ3) is 3.28. The fourth-order valence-electron chi connectivity index (χ4n) is 3.67. The van der Waals surface area contributed by atoms with Gasteiger partial charge in [-0.3, -0.25) is 14.6 Å². The molecule has 9 heteroatoms. The molecule has 0 atom stereocenters. The molecule has 0 aliphatic carbocycles. The van der Waals surface area contributed by atoms with Crippen LogP contribution in [0.25, 0.3) is 10.9 Å². The van der Waals surface area contributed by atoms with Crippen molar-refractivity contribution in [2.45, 2.75) is 6.92 Å². The molecule has 0 bridgehead atoms. The van der Waals surface area contributed by atoms with Gasteiger partial charge in [0, 0.05) is 37.8 Å². The molecule has 4 rings (SSSR count). The summed E-state index contributed by atoms with van der Waals surface area (Å²) in [5, 5.41) is 0.470. The fraction of sp³-hybridized carbons (Fsp3) is 0.350. The maximum absolute atomic E-state index is 12.8. The minimum atomic E-state index is -0.238. The van der Waals surface area contributed by atoms with Crippen LogP contribution in [0.5, 0.6) is 11.5 Å². The van der Waals surface area contributed by atoms with Gasteiger partial charge in [-0.15, -0.1) is 0 Å². The standard InChI is InChI=1S/C20H22N4O5/c1-12-16-13(11-15(27-2)17(12)28-3)21-20(22-18(16)25)24-8-6-23(7-9-24)19(26)14-5-4-10-29-14/h4-5,10-11H,6-9H2,1-3H3,(H,21,22,25). The highest BCUT2D eigenvalue weighted by molar-refractivity contribution is 5.91. The summed E-state index contributed by atoms with van der Waals surface area (Å²) in [4.78, 5) is 36.4. The Balaban J connectivity index is 1.60. The van der Waals surface area contributed by atoms with E-state index in [1.807, 2.05) is 4.90 Å². The molecule has 0 unspecified atom stereocenters. The van der Waals surface area contributed by atoms with Gasteiger partial charge in [0.2, 0.25) is 5.95 Å². The summed E-state index contributed by atoms with van der Waals surface area (Å²) in [6, 6.07) is 5.05. The summed E-state index contributed by atoms with van der Waals surface area (Å²) in [5.74, 6) is 1.70. The van der Waals surface area contributed by atoms with Crippen molar-refractivity contribution in [2.24, 2.45) is 0 Å². The van der Waals surface area contributed by atoms with E-state index in [1.165, 1.54) is 13.4 Å². The molecule has 29 heavy (non-hydrogen) atoms. The lowest BCUT2D eigenvalue weighted by atomic mass is 10.1. The summed E-state index contributed by atoms with van der Waals surface area (Å²) in [7, 11) is 3.09. The molecule has 0 saturated carbocycles. The summed E-state index contributed by atoms with van der Waals surface area (Å²) >= 11 is 0. The van der Waals surface area contributed by atoms with E-state index in [4.69, 9.17) is 13.9 Å². The predicted octanol–water partition coefficient (Wildman–Crippen LogP) is 1.80. The number of hydrogen-bond donors (Lipinski definition) is 1. The molecule has 1 aliphatic rings. The second-order valence-corrected chi connectivity index (χ2v) is 6.78. The number of H-pyrrole nitrogens is 1. The van der Waals surface area contributed by atoms with Crippen LogP contribution in [0.1, 0.15) is 16.1 Å². The Morgan fingerprint density at radius 1 is 1.21 bits per heavy atom. The number of aromatic nitrogens is 2. The van der Waals surface area contributed by atoms with Crippen LogP contribution in [0.3, 0.4) is 0 Å². The van der Waals surface area contributed by atoms with Crippen molar-refractivity contribution in [1.82, 2.24) is 14.9 Å². The number of furan rings is 1. The number of benzene rings is 1. The van der Waals surface area contributed by atoms with Crippen LogP contribution >= 0.6 is 0 Å². The lowest BCUT2D eigenvalue weighted by molar-refractivity contribution is 0.0714. The SMILES string of the molecule is COc1cc2nc(N3CCN(C(=O)c4ccco4)CC3)[nH]c(=O)c2c(C)c1OC. The van der Waals surface area contributed by atoms with Crippen LogP contribution in [-0.2, 0) is 0 Å². The number of fused-ring (bicyclic) bond motifs is 1. The van der Waals surface area contributed by atoms with Gasteiger partial charge in [0.15, 0.2) is 17.3 Å². The second-order valence-electron chi connectivity index (χ2n) is 6.78. The highest BCUT2D eigenvalue weighted by Gasteiger charge is 2.25. The summed E-state index contributed by atoms with van der Waals surface area (Å²) in [5.41, 5.74) is 0.974. The number of carbonyl (C=O) groups is 1. The normalized spacial score (nSPS) is 14.3. The quantitative estimate of drug-likeness (QED) is 0.715. The van der Waals surface area contributed by atoms with Gasteiger partial charge < -0.3 is 23.7 Å². The van der Waals surface area contributed by atoms with E-state index >= 15 is 0 Å². The van der Waals surface area contributed by atoms with Gasteiger partial charge in [0.25, 0.3) is 11.5 Å². The number of rotatable bonds is 4. The molecule has 0 spiro atoms. The molecule has 1 amide bonds. The average molecular weight is 398 g/mol. The van der Waals surface area contributed by atoms with Crippen LogP contribution in [0.4, 0.5) is 5.95 Å². The van der Waals surface area contributed by atoms with Gasteiger partial charge in [0.1, 0.15) is 0 Å². The number of nitrogens with zero attached hydrogens (tertiary/aromatic N) is 3. The van der Waals surface area contributed by atoms with Gasteiger partial charge in [-0.1, -0.05) is 0 Å². The van der Waals surface area contributed by atoms with Gasteiger partial charge >= 0.3 is 0 Å². The van der Waals surface area contributed by atoms with Crippen molar-refractivity contribution >= 4 is 22.8 Å². The first-order valence-corrected chi connectivity index (χ1v) is 9.26. The largest absolute Gasteiger partial charge is 0.493 e. The molecule has 1 saturated heterocycles. The zero-order valence-electron chi connectivity index (χ0n) is 16.5. The number of ether oxygens (including phenoxy) is 2. The number of aryl methyl sites for hydroxylation is 1. The number of amides is 1. The zero-order chi connectivity index (χ0) is 20.5. The maximum Gasteiger partial charge on any atom is 0.289 e. The Labute approximate surface area is 166 Å². The molecule has 3 aromatic rings. The van der Waals surface area contributed by atoms with Crippen LogP contribution in [0.2, 0.25) is 0 Å². The van der Waals surface area contributed by atoms with Gasteiger partial charge in [-0.2, -0.15) is 0 Å². The van der Waals surface area contributed by atoms with Crippen molar-refractivity contribution in [1.29, 1.82) is 0 Å². The Morgan fingerprint density at radius 2 is 1.97 bits per heavy atom. The maximum atomic E-state index is 12.8. The van der Waals surface area contributed by atoms with Crippen molar-refractivity contribution in [3.05, 3.63) is 46.1 Å². The van der Waals surface area contributed by atoms with Crippen molar-refractivity contribution in [3.63, 3.8) is 0 Å². The molecule has 1 fully saturated rings. The molecular weight excluding hydrogens is 376 g/mol. The van der Waals surface area contributed by atoms with E-state index in [1.54, 1.807) is 37.1 Å². The zero-order valence-corrected chi connectivity index (χ0v) is 16.5. The predicted molar refractivity (Wildman–Crippen MR) is 107 cm³/mol.